The van der Waals surface area contributed by atoms with E-state index in [4.69, 9.17) is 4.74 Å². The number of nitrogens with one attached hydrogen (secondary N) is 2. The van der Waals surface area contributed by atoms with Crippen LogP contribution in [0.3, 0.4) is 0 Å². The molecule has 1 aliphatic heterocycles. The van der Waals surface area contributed by atoms with Crippen LogP contribution in [0.15, 0.2) is 60.7 Å². The maximum atomic E-state index is 13.5. The van der Waals surface area contributed by atoms with E-state index in [1.54, 1.807) is 20.8 Å². The fraction of sp³-hybridized carbons (Fsp3) is 0.444. The highest BCUT2D eigenvalue weighted by molar-refractivity contribution is 5.87. The zero-order valence-corrected chi connectivity index (χ0v) is 20.3. The van der Waals surface area contributed by atoms with E-state index < -0.39 is 11.7 Å². The lowest BCUT2D eigenvalue weighted by molar-refractivity contribution is -0.133. The molecule has 3 amide bonds. The number of hydrogen-bond acceptors (Lipinski definition) is 4. The number of nitrogens with zero attached hydrogens (tertiary/aromatic N) is 1. The molecule has 0 spiro atoms. The molecular weight excluding hydrogens is 430 g/mol. The predicted molar refractivity (Wildman–Crippen MR) is 131 cm³/mol. The number of benzene rings is 2. The Morgan fingerprint density at radius 2 is 1.47 bits per heavy atom. The van der Waals surface area contributed by atoms with E-state index in [2.05, 4.69) is 10.6 Å². The molecule has 1 saturated heterocycles. The standard InChI is InChI=1S/C27H35N3O4/c1-27(2,3)34-26(33)28-17-14-23(31)29-22-15-18-30(19-16-22)25(32)24(20-10-6-4-7-11-20)21-12-8-5-9-13-21/h4-13,22,24H,14-19H2,1-3H3,(H,28,33)(H,29,31). The normalized spacial score (nSPS) is 14.5. The third kappa shape index (κ3) is 7.61. The topological polar surface area (TPSA) is 87.7 Å². The summed E-state index contributed by atoms with van der Waals surface area (Å²) in [5, 5.41) is 5.62. The molecule has 7 nitrogen and oxygen atoms in total. The number of likely N-dealkylation sites (tertiary alicyclic amines) is 1. The highest BCUT2D eigenvalue weighted by Crippen LogP contribution is 2.28. The van der Waals surface area contributed by atoms with Crippen LogP contribution >= 0.6 is 0 Å². The van der Waals surface area contributed by atoms with Crippen LogP contribution in [0.5, 0.6) is 0 Å². The van der Waals surface area contributed by atoms with Crippen molar-refractivity contribution in [3.8, 4) is 0 Å². The molecule has 3 rings (SSSR count). The smallest absolute Gasteiger partial charge is 0.407 e. The number of rotatable bonds is 7. The minimum Gasteiger partial charge on any atom is -0.444 e. The van der Waals surface area contributed by atoms with E-state index in [1.807, 2.05) is 65.6 Å². The van der Waals surface area contributed by atoms with Gasteiger partial charge in [0.2, 0.25) is 11.8 Å². The maximum absolute atomic E-state index is 13.5. The van der Waals surface area contributed by atoms with Gasteiger partial charge in [0.1, 0.15) is 5.60 Å². The first-order chi connectivity index (χ1) is 16.2. The largest absolute Gasteiger partial charge is 0.444 e. The molecule has 34 heavy (non-hydrogen) atoms. The molecule has 0 atom stereocenters. The summed E-state index contributed by atoms with van der Waals surface area (Å²) in [6, 6.07) is 19.7. The lowest BCUT2D eigenvalue weighted by atomic mass is 9.89. The molecule has 1 fully saturated rings. The van der Waals surface area contributed by atoms with Crippen LogP contribution in [0.1, 0.15) is 57.1 Å². The molecule has 1 aliphatic rings. The highest BCUT2D eigenvalue weighted by atomic mass is 16.6. The van der Waals surface area contributed by atoms with Crippen molar-refractivity contribution in [1.29, 1.82) is 0 Å². The third-order valence-corrected chi connectivity index (χ3v) is 5.70. The van der Waals surface area contributed by atoms with Gasteiger partial charge >= 0.3 is 6.09 Å². The summed E-state index contributed by atoms with van der Waals surface area (Å²) < 4.78 is 5.17. The molecule has 0 bridgehead atoms. The van der Waals surface area contributed by atoms with Gasteiger partial charge in [-0.1, -0.05) is 60.7 Å². The number of carbonyl (C=O) groups excluding carboxylic acids is 3. The highest BCUT2D eigenvalue weighted by Gasteiger charge is 2.30. The van der Waals surface area contributed by atoms with Crippen molar-refractivity contribution < 1.29 is 19.1 Å². The van der Waals surface area contributed by atoms with Crippen molar-refractivity contribution in [2.75, 3.05) is 19.6 Å². The van der Waals surface area contributed by atoms with Gasteiger partial charge in [-0.2, -0.15) is 0 Å². The van der Waals surface area contributed by atoms with Gasteiger partial charge in [0, 0.05) is 32.1 Å². The number of alkyl carbamates (subject to hydrolysis) is 1. The molecule has 2 aromatic carbocycles. The number of carbonyl (C=O) groups is 3. The SMILES string of the molecule is CC(C)(C)OC(=O)NCCC(=O)NC1CCN(C(=O)C(c2ccccc2)c2ccccc2)CC1. The predicted octanol–water partition coefficient (Wildman–Crippen LogP) is 3.84. The first-order valence-electron chi connectivity index (χ1n) is 11.9. The Bertz CT molecular complexity index is 909. The molecule has 1 heterocycles. The summed E-state index contributed by atoms with van der Waals surface area (Å²) in [4.78, 5) is 39.4. The molecule has 2 N–H and O–H groups in total. The maximum Gasteiger partial charge on any atom is 0.407 e. The molecular formula is C27H35N3O4. The van der Waals surface area contributed by atoms with Crippen molar-refractivity contribution in [2.24, 2.45) is 0 Å². The molecule has 7 heteroatoms. The molecule has 2 aromatic rings. The Kier molecular flexibility index (Phi) is 8.68. The molecule has 0 unspecified atom stereocenters. The van der Waals surface area contributed by atoms with Crippen molar-refractivity contribution >= 4 is 17.9 Å². The molecule has 0 saturated carbocycles. The van der Waals surface area contributed by atoms with Crippen LogP contribution < -0.4 is 10.6 Å². The van der Waals surface area contributed by atoms with Crippen LogP contribution in [-0.2, 0) is 14.3 Å². The van der Waals surface area contributed by atoms with E-state index in [9.17, 15) is 14.4 Å². The van der Waals surface area contributed by atoms with Crippen LogP contribution in [0.4, 0.5) is 4.79 Å². The second kappa shape index (κ2) is 11.7. The number of hydrogen-bond donors (Lipinski definition) is 2. The zero-order valence-electron chi connectivity index (χ0n) is 20.3. The van der Waals surface area contributed by atoms with Gasteiger partial charge in [-0.3, -0.25) is 9.59 Å². The van der Waals surface area contributed by atoms with E-state index in [-0.39, 0.29) is 36.7 Å². The van der Waals surface area contributed by atoms with Gasteiger partial charge in [-0.15, -0.1) is 0 Å². The Morgan fingerprint density at radius 1 is 0.941 bits per heavy atom. The van der Waals surface area contributed by atoms with E-state index in [0.717, 1.165) is 11.1 Å². The van der Waals surface area contributed by atoms with Gasteiger partial charge in [-0.25, -0.2) is 4.79 Å². The molecule has 0 radical (unpaired) electrons. The van der Waals surface area contributed by atoms with Gasteiger partial charge in [0.15, 0.2) is 0 Å². The lowest BCUT2D eigenvalue weighted by Gasteiger charge is -2.35. The monoisotopic (exact) mass is 465 g/mol. The zero-order chi connectivity index (χ0) is 24.6. The van der Waals surface area contributed by atoms with Crippen LogP contribution in [0, 0.1) is 0 Å². The third-order valence-electron chi connectivity index (χ3n) is 5.70. The van der Waals surface area contributed by atoms with Crippen molar-refractivity contribution in [1.82, 2.24) is 15.5 Å². The Balaban J connectivity index is 1.49. The minimum absolute atomic E-state index is 0.0185. The first kappa shape index (κ1) is 25.3. The van der Waals surface area contributed by atoms with E-state index in [1.165, 1.54) is 0 Å². The van der Waals surface area contributed by atoms with Gasteiger partial charge in [0.25, 0.3) is 0 Å². The fourth-order valence-electron chi connectivity index (χ4n) is 4.09. The van der Waals surface area contributed by atoms with Gasteiger partial charge in [-0.05, 0) is 44.7 Å². The Hall–Kier alpha value is -3.35. The van der Waals surface area contributed by atoms with Crippen molar-refractivity contribution in [3.05, 3.63) is 71.8 Å². The summed E-state index contributed by atoms with van der Waals surface area (Å²) in [5.74, 6) is -0.372. The lowest BCUT2D eigenvalue weighted by Crippen LogP contribution is -2.48. The first-order valence-corrected chi connectivity index (χ1v) is 11.9. The quantitative estimate of drug-likeness (QED) is 0.650. The number of amides is 3. The summed E-state index contributed by atoms with van der Waals surface area (Å²) in [7, 11) is 0. The number of ether oxygens (including phenoxy) is 1. The Labute approximate surface area is 201 Å². The van der Waals surface area contributed by atoms with Crippen molar-refractivity contribution in [3.63, 3.8) is 0 Å². The van der Waals surface area contributed by atoms with Gasteiger partial charge < -0.3 is 20.3 Å². The molecule has 0 aliphatic carbocycles. The van der Waals surface area contributed by atoms with E-state index in [0.29, 0.717) is 25.9 Å². The summed E-state index contributed by atoms with van der Waals surface area (Å²) >= 11 is 0. The van der Waals surface area contributed by atoms with Crippen LogP contribution in [-0.4, -0.2) is 54.1 Å². The molecule has 0 aromatic heterocycles. The fourth-order valence-corrected chi connectivity index (χ4v) is 4.09. The van der Waals surface area contributed by atoms with Crippen LogP contribution in [0.2, 0.25) is 0 Å². The minimum atomic E-state index is -0.572. The van der Waals surface area contributed by atoms with Crippen molar-refractivity contribution in [2.45, 2.75) is 57.6 Å². The average Bonchev–Trinajstić information content (AvgIpc) is 2.80. The van der Waals surface area contributed by atoms with Gasteiger partial charge in [0.05, 0.1) is 5.92 Å². The second-order valence-corrected chi connectivity index (χ2v) is 9.60. The van der Waals surface area contributed by atoms with Crippen LogP contribution in [0.25, 0.3) is 0 Å². The van der Waals surface area contributed by atoms with E-state index >= 15 is 0 Å². The summed E-state index contributed by atoms with van der Waals surface area (Å²) in [5.41, 5.74) is 1.39. The number of piperidine rings is 1. The Morgan fingerprint density at radius 3 is 1.97 bits per heavy atom. The molecule has 182 valence electrons. The summed E-state index contributed by atoms with van der Waals surface area (Å²) in [6.07, 6.45) is 1.06. The average molecular weight is 466 g/mol. The second-order valence-electron chi connectivity index (χ2n) is 9.60. The summed E-state index contributed by atoms with van der Waals surface area (Å²) in [6.45, 7) is 6.77.